The minimum absolute atomic E-state index is 0.00167. The Balaban J connectivity index is 0.000000241. The molecule has 0 aromatic rings. The standard InChI is InChI=1S/C16H26O5S.C14H24O4S.C12H22O4.C4H8O2S2/c1-9(2)12-6-5-10(3)7-13(12)20-15(18)16-21-14(8-22-16)19-11(4)17;1-8(2)10-5-4-9(3)6-11(10)17-13(16)14-18-12(15)7-19-14;1-7(2)9-5-4-8(3)6-10(9)16-12(15)11(13)14;5-3-1-7-4(6)2-8-3/h9-10,12-14,16H,5-8H2,1-4H3;8-12,14-15H,4-7H2,1-3H3;7-11,13-14H,4-6H2,1-3H3;3-6H,1-2H2/t10-,12+,13-,14-,16-;9-,10+,11-,12-,14-;8-,9+,10-;/m111./s1. The van der Waals surface area contributed by atoms with Crippen LogP contribution in [-0.2, 0) is 47.6 Å². The Labute approximate surface area is 404 Å². The summed E-state index contributed by atoms with van der Waals surface area (Å²) in [5.74, 6) is 4.59. The van der Waals surface area contributed by atoms with Gasteiger partial charge in [0.2, 0.25) is 17.2 Å². The normalized spacial score (nSPS) is 36.0. The van der Waals surface area contributed by atoms with Gasteiger partial charge >= 0.3 is 23.9 Å². The third kappa shape index (κ3) is 20.9. The van der Waals surface area contributed by atoms with Crippen LogP contribution in [0, 0.1) is 53.3 Å². The third-order valence-corrected chi connectivity index (χ3v) is 17.5. The zero-order chi connectivity index (χ0) is 48.5. The Morgan fingerprint density at radius 3 is 1.25 bits per heavy atom. The molecule has 3 aliphatic carbocycles. The molecule has 5 N–H and O–H groups in total. The topological polar surface area (TPSA) is 225 Å². The number of aliphatic hydroxyl groups excluding tert-OH is 4. The number of ether oxygens (including phenoxy) is 6. The van der Waals surface area contributed by atoms with Gasteiger partial charge in [-0.1, -0.05) is 81.6 Å². The summed E-state index contributed by atoms with van der Waals surface area (Å²) >= 11 is 5.46. The summed E-state index contributed by atoms with van der Waals surface area (Å²) in [6, 6.07) is 0. The molecule has 6 rings (SSSR count). The van der Waals surface area contributed by atoms with Crippen molar-refractivity contribution in [3.63, 3.8) is 0 Å². The number of hydrogen-bond donors (Lipinski definition) is 5. The quantitative estimate of drug-likeness (QED) is 0.0865. The summed E-state index contributed by atoms with van der Waals surface area (Å²) < 4.78 is 32.1. The average molecular weight is 1000 g/mol. The second-order valence-electron chi connectivity index (χ2n) is 19.5. The summed E-state index contributed by atoms with van der Waals surface area (Å²) in [6.07, 6.45) is 5.80. The predicted molar refractivity (Wildman–Crippen MR) is 255 cm³/mol. The molecule has 15 nitrogen and oxygen atoms in total. The molecule has 65 heavy (non-hydrogen) atoms. The van der Waals surface area contributed by atoms with Crippen LogP contribution >= 0.6 is 47.0 Å². The van der Waals surface area contributed by atoms with Gasteiger partial charge in [0.05, 0.1) is 5.75 Å². The van der Waals surface area contributed by atoms with Crippen molar-refractivity contribution in [1.29, 1.82) is 0 Å². The molecule has 15 atom stereocenters. The summed E-state index contributed by atoms with van der Waals surface area (Å²) in [5, 5.41) is 44.4. The van der Waals surface area contributed by atoms with Crippen LogP contribution in [0.2, 0.25) is 0 Å². The first-order valence-electron chi connectivity index (χ1n) is 23.5. The van der Waals surface area contributed by atoms with Crippen LogP contribution in [-0.4, -0.2) is 131 Å². The lowest BCUT2D eigenvalue weighted by Crippen LogP contribution is -2.38. The molecule has 378 valence electrons. The van der Waals surface area contributed by atoms with Gasteiger partial charge < -0.3 is 54.0 Å². The fourth-order valence-electron chi connectivity index (χ4n) is 9.12. The third-order valence-electron chi connectivity index (χ3n) is 12.8. The number of aliphatic hydroxyl groups is 5. The Morgan fingerprint density at radius 2 is 0.908 bits per heavy atom. The molecular weight excluding hydrogens is 921 g/mol. The van der Waals surface area contributed by atoms with Crippen molar-refractivity contribution >= 4 is 70.9 Å². The van der Waals surface area contributed by atoms with E-state index in [2.05, 4.69) is 62.3 Å². The van der Waals surface area contributed by atoms with E-state index in [1.54, 1.807) is 0 Å². The molecule has 3 saturated heterocycles. The molecule has 3 aliphatic heterocycles. The molecule has 3 saturated carbocycles. The maximum absolute atomic E-state index is 12.3. The molecule has 2 unspecified atom stereocenters. The molecule has 19 heteroatoms. The maximum Gasteiger partial charge on any atom is 0.363 e. The van der Waals surface area contributed by atoms with Crippen LogP contribution in [0.5, 0.6) is 0 Å². The van der Waals surface area contributed by atoms with Crippen LogP contribution in [0.15, 0.2) is 0 Å². The lowest BCUT2D eigenvalue weighted by molar-refractivity contribution is -0.185. The van der Waals surface area contributed by atoms with Gasteiger partial charge in [-0.15, -0.1) is 47.0 Å². The number of carbonyl (C=O) groups is 4. The van der Waals surface area contributed by atoms with Crippen LogP contribution in [0.4, 0.5) is 0 Å². The molecule has 3 heterocycles. The molecule has 0 aromatic carbocycles. The Morgan fingerprint density at radius 1 is 0.523 bits per heavy atom. The highest BCUT2D eigenvalue weighted by atomic mass is 32.2. The van der Waals surface area contributed by atoms with Crippen molar-refractivity contribution in [2.45, 2.75) is 186 Å². The van der Waals surface area contributed by atoms with Gasteiger partial charge in [0.25, 0.3) is 6.29 Å². The summed E-state index contributed by atoms with van der Waals surface area (Å²) in [5.41, 5.74) is -1.86. The maximum atomic E-state index is 12.3. The van der Waals surface area contributed by atoms with Gasteiger partial charge in [0.1, 0.15) is 29.2 Å². The minimum atomic E-state index is -2.01. The van der Waals surface area contributed by atoms with Crippen LogP contribution < -0.4 is 0 Å². The first-order chi connectivity index (χ1) is 30.5. The predicted octanol–water partition coefficient (Wildman–Crippen LogP) is 6.77. The van der Waals surface area contributed by atoms with Crippen molar-refractivity contribution < 1.29 is 73.1 Å². The highest BCUT2D eigenvalue weighted by Gasteiger charge is 2.40. The first-order valence-corrected chi connectivity index (χ1v) is 27.7. The number of esters is 4. The monoisotopic (exact) mass is 1000 g/mol. The Hall–Kier alpha value is -1.00. The average Bonchev–Trinajstić information content (AvgIpc) is 3.88. The van der Waals surface area contributed by atoms with Crippen LogP contribution in [0.25, 0.3) is 0 Å². The largest absolute Gasteiger partial charge is 0.459 e. The highest BCUT2D eigenvalue weighted by molar-refractivity contribution is 8.06. The van der Waals surface area contributed by atoms with Gasteiger partial charge in [-0.2, -0.15) is 0 Å². The molecule has 0 bridgehead atoms. The number of hydrogen-bond acceptors (Lipinski definition) is 19. The Bertz CT molecular complexity index is 1420. The van der Waals surface area contributed by atoms with Crippen molar-refractivity contribution in [3.05, 3.63) is 0 Å². The molecule has 6 aliphatic rings. The summed E-state index contributed by atoms with van der Waals surface area (Å²) in [6.45, 7) is 20.8. The van der Waals surface area contributed by atoms with E-state index in [1.165, 1.54) is 66.8 Å². The SMILES string of the molecule is CC(=O)O[C@H]1CS[C@H](C(=O)O[C@@H]2C[C@H](C)CC[C@H]2C(C)C)O1.CC(C)[C@@H]1CC[C@@H](C)C[C@H]1OC(=O)C(O)O.CC(C)[C@@H]1CC[C@@H](C)C[C@H]1OC(=O)[C@@H]1O[C@@H](O)CS1.OC1CSC(O)CS1. The molecule has 0 amide bonds. The number of rotatable bonds is 10. The summed E-state index contributed by atoms with van der Waals surface area (Å²) in [7, 11) is 0. The van der Waals surface area contributed by atoms with Crippen molar-refractivity contribution in [2.24, 2.45) is 53.3 Å². The molecular formula is C46H80O15S4. The van der Waals surface area contributed by atoms with E-state index in [0.717, 1.165) is 44.9 Å². The van der Waals surface area contributed by atoms with Gasteiger partial charge in [-0.3, -0.25) is 4.79 Å². The highest BCUT2D eigenvalue weighted by Crippen LogP contribution is 2.39. The minimum Gasteiger partial charge on any atom is -0.459 e. The fraction of sp³-hybridized carbons (Fsp3) is 0.913. The van der Waals surface area contributed by atoms with Gasteiger partial charge in [-0.05, 0) is 91.8 Å². The second kappa shape index (κ2) is 29.2. The zero-order valence-corrected chi connectivity index (χ0v) is 43.4. The lowest BCUT2D eigenvalue weighted by Gasteiger charge is -2.37. The first kappa shape index (κ1) is 58.3. The van der Waals surface area contributed by atoms with Crippen molar-refractivity contribution in [2.75, 3.05) is 23.0 Å². The van der Waals surface area contributed by atoms with E-state index in [0.29, 0.717) is 76.3 Å². The second-order valence-corrected chi connectivity index (χ2v) is 24.1. The molecule has 0 radical (unpaired) electrons. The number of carbonyl (C=O) groups excluding carboxylic acids is 4. The van der Waals surface area contributed by atoms with Crippen molar-refractivity contribution in [3.8, 4) is 0 Å². The van der Waals surface area contributed by atoms with Crippen LogP contribution in [0.3, 0.4) is 0 Å². The van der Waals surface area contributed by atoms with E-state index in [4.69, 9.17) is 48.8 Å². The molecule has 6 fully saturated rings. The van der Waals surface area contributed by atoms with E-state index >= 15 is 0 Å². The van der Waals surface area contributed by atoms with E-state index < -0.39 is 41.7 Å². The number of thioether (sulfide) groups is 4. The van der Waals surface area contributed by atoms with E-state index in [9.17, 15) is 24.3 Å². The van der Waals surface area contributed by atoms with Gasteiger partial charge in [-0.25, -0.2) is 14.4 Å². The van der Waals surface area contributed by atoms with Crippen molar-refractivity contribution in [1.82, 2.24) is 0 Å². The van der Waals surface area contributed by atoms with Crippen LogP contribution in [0.1, 0.15) is 127 Å². The smallest absolute Gasteiger partial charge is 0.363 e. The fourth-order valence-corrected chi connectivity index (χ4v) is 12.8. The Kier molecular flexibility index (Phi) is 26.2. The molecule has 0 spiro atoms. The van der Waals surface area contributed by atoms with E-state index in [-0.39, 0.29) is 41.1 Å². The lowest BCUT2D eigenvalue weighted by atomic mass is 9.75. The zero-order valence-electron chi connectivity index (χ0n) is 40.1. The summed E-state index contributed by atoms with van der Waals surface area (Å²) in [4.78, 5) is 46.4. The van der Waals surface area contributed by atoms with Gasteiger partial charge in [0, 0.05) is 24.2 Å². The molecule has 0 aromatic heterocycles. The van der Waals surface area contributed by atoms with Gasteiger partial charge in [0.15, 0.2) is 6.29 Å². The van der Waals surface area contributed by atoms with E-state index in [1.807, 2.05) is 0 Å².